The summed E-state index contributed by atoms with van der Waals surface area (Å²) >= 11 is 2.54. The zero-order valence-corrected chi connectivity index (χ0v) is 25.5. The van der Waals surface area contributed by atoms with Gasteiger partial charge in [-0.3, -0.25) is 19.4 Å². The van der Waals surface area contributed by atoms with Crippen LogP contribution in [-0.4, -0.2) is 98.7 Å². The minimum Gasteiger partial charge on any atom is -0.389 e. The molecule has 5 heterocycles. The first-order valence-corrected chi connectivity index (χ1v) is 15.6. The van der Waals surface area contributed by atoms with Gasteiger partial charge >= 0.3 is 0 Å². The molecule has 1 atom stereocenters. The van der Waals surface area contributed by atoms with Crippen LogP contribution >= 0.6 is 22.7 Å². The maximum Gasteiger partial charge on any atom is 0.246 e. The Morgan fingerprint density at radius 2 is 1.95 bits per heavy atom. The predicted molar refractivity (Wildman–Crippen MR) is 161 cm³/mol. The summed E-state index contributed by atoms with van der Waals surface area (Å²) < 4.78 is 15.2. The zero-order chi connectivity index (χ0) is 30.4. The smallest absolute Gasteiger partial charge is 0.246 e. The average molecular weight is 624 g/mol. The van der Waals surface area contributed by atoms with E-state index in [1.165, 1.54) is 34.8 Å². The summed E-state index contributed by atoms with van der Waals surface area (Å²) in [6.45, 7) is 3.27. The number of amides is 2. The number of benzene rings is 1. The number of aryl methyl sites for hydroxylation is 1. The van der Waals surface area contributed by atoms with Crippen molar-refractivity contribution in [3.8, 4) is 17.3 Å². The lowest BCUT2D eigenvalue weighted by atomic mass is 10.0. The molecular formula is C28H30FN9O3S2. The van der Waals surface area contributed by atoms with Gasteiger partial charge in [0.15, 0.2) is 10.9 Å². The number of thiazole rings is 1. The molecule has 1 aromatic carbocycles. The van der Waals surface area contributed by atoms with Gasteiger partial charge in [0.1, 0.15) is 22.5 Å². The summed E-state index contributed by atoms with van der Waals surface area (Å²) in [6.07, 6.45) is 1.56. The number of rotatable bonds is 8. The topological polar surface area (TPSA) is 134 Å². The normalized spacial score (nSPS) is 17.5. The number of fused-ring (bicyclic) bond motifs is 1. The number of β-amino-alcohol motifs (C(OH)–C–C–N with tert-alkyl or cyclic N) is 1. The highest BCUT2D eigenvalue weighted by Gasteiger charge is 2.37. The van der Waals surface area contributed by atoms with E-state index in [9.17, 15) is 24.3 Å². The summed E-state index contributed by atoms with van der Waals surface area (Å²) in [5.74, 6) is 0.101. The molecule has 0 radical (unpaired) electrons. The maximum atomic E-state index is 13.6. The molecule has 0 saturated carbocycles. The van der Waals surface area contributed by atoms with Gasteiger partial charge in [0.05, 0.1) is 24.4 Å². The van der Waals surface area contributed by atoms with Crippen LogP contribution in [0.4, 0.5) is 20.5 Å². The summed E-state index contributed by atoms with van der Waals surface area (Å²) in [6, 6.07) is 7.62. The molecule has 3 aromatic heterocycles. The highest BCUT2D eigenvalue weighted by atomic mass is 32.1. The van der Waals surface area contributed by atoms with Gasteiger partial charge in [-0.25, -0.2) is 14.4 Å². The number of halogens is 1. The van der Waals surface area contributed by atoms with Crippen molar-refractivity contribution in [1.29, 1.82) is 5.26 Å². The van der Waals surface area contributed by atoms with Gasteiger partial charge in [-0.05, 0) is 50.6 Å². The van der Waals surface area contributed by atoms with Crippen molar-refractivity contribution in [3.63, 3.8) is 0 Å². The summed E-state index contributed by atoms with van der Waals surface area (Å²) in [5.41, 5.74) is 1.92. The SMILES string of the molecule is CCc1nc2sc(N3CCCC(N(C)CC(=O)N4CC(O)C4)C3=O)nn2c1N(C)c1nc(-c2ccc(F)cc2)c(C#N)s1. The van der Waals surface area contributed by atoms with E-state index in [2.05, 4.69) is 6.07 Å². The second kappa shape index (κ2) is 11.6. The zero-order valence-electron chi connectivity index (χ0n) is 23.9. The number of aliphatic hydroxyl groups is 1. The second-order valence-corrected chi connectivity index (χ2v) is 12.6. The molecular weight excluding hydrogens is 594 g/mol. The van der Waals surface area contributed by atoms with Crippen molar-refractivity contribution in [3.05, 3.63) is 40.7 Å². The van der Waals surface area contributed by atoms with Gasteiger partial charge in [0.2, 0.25) is 21.9 Å². The molecule has 224 valence electrons. The molecule has 1 N–H and O–H groups in total. The van der Waals surface area contributed by atoms with Gasteiger partial charge in [-0.1, -0.05) is 29.6 Å². The quantitative estimate of drug-likeness (QED) is 0.315. The Kier molecular flexibility index (Phi) is 7.86. The molecule has 15 heteroatoms. The molecule has 2 aliphatic rings. The molecule has 43 heavy (non-hydrogen) atoms. The van der Waals surface area contributed by atoms with E-state index in [0.717, 1.165) is 12.1 Å². The van der Waals surface area contributed by atoms with Gasteiger partial charge < -0.3 is 14.9 Å². The van der Waals surface area contributed by atoms with Crippen molar-refractivity contribution < 1.29 is 19.1 Å². The Labute approximate surface area is 255 Å². The Morgan fingerprint density at radius 3 is 2.63 bits per heavy atom. The van der Waals surface area contributed by atoms with Gasteiger partial charge in [0, 0.05) is 32.2 Å². The Balaban J connectivity index is 1.26. The number of anilines is 3. The Hall–Kier alpha value is -3.97. The largest absolute Gasteiger partial charge is 0.389 e. The van der Waals surface area contributed by atoms with E-state index in [4.69, 9.17) is 15.1 Å². The van der Waals surface area contributed by atoms with Crippen LogP contribution in [0.25, 0.3) is 16.2 Å². The van der Waals surface area contributed by atoms with E-state index >= 15 is 0 Å². The van der Waals surface area contributed by atoms with Crippen molar-refractivity contribution in [1.82, 2.24) is 29.4 Å². The fraction of sp³-hybridized carbons (Fsp3) is 0.429. The van der Waals surface area contributed by atoms with Crippen LogP contribution in [0.2, 0.25) is 0 Å². The van der Waals surface area contributed by atoms with E-state index in [0.29, 0.717) is 69.7 Å². The number of hydrogen-bond donors (Lipinski definition) is 1. The fourth-order valence-electron chi connectivity index (χ4n) is 5.41. The molecule has 0 bridgehead atoms. The lowest BCUT2D eigenvalue weighted by Gasteiger charge is -2.39. The molecule has 2 saturated heterocycles. The molecule has 1 unspecified atom stereocenters. The third-order valence-corrected chi connectivity index (χ3v) is 9.75. The number of nitriles is 1. The Bertz CT molecular complexity index is 1720. The minimum absolute atomic E-state index is 0.102. The third kappa shape index (κ3) is 5.35. The molecule has 4 aromatic rings. The van der Waals surface area contributed by atoms with Gasteiger partial charge in [-0.15, -0.1) is 5.10 Å². The molecule has 2 amide bonds. The molecule has 2 aliphatic heterocycles. The number of nitrogens with zero attached hydrogens (tertiary/aromatic N) is 9. The number of hydrogen-bond acceptors (Lipinski definition) is 11. The molecule has 6 rings (SSSR count). The van der Waals surface area contributed by atoms with Crippen LogP contribution in [0.3, 0.4) is 0 Å². The average Bonchev–Trinajstić information content (AvgIpc) is 3.68. The summed E-state index contributed by atoms with van der Waals surface area (Å²) in [4.78, 5) is 43.6. The summed E-state index contributed by atoms with van der Waals surface area (Å²) in [7, 11) is 3.61. The lowest BCUT2D eigenvalue weighted by Crippen LogP contribution is -2.58. The first-order chi connectivity index (χ1) is 20.7. The monoisotopic (exact) mass is 623 g/mol. The lowest BCUT2D eigenvalue weighted by molar-refractivity contribution is -0.143. The molecule has 0 aliphatic carbocycles. The van der Waals surface area contributed by atoms with Crippen LogP contribution in [-0.2, 0) is 16.0 Å². The van der Waals surface area contributed by atoms with Crippen LogP contribution < -0.4 is 9.80 Å². The van der Waals surface area contributed by atoms with Crippen LogP contribution in [0.1, 0.15) is 30.3 Å². The number of likely N-dealkylation sites (tertiary alicyclic amines) is 1. The second-order valence-electron chi connectivity index (χ2n) is 10.7. The van der Waals surface area contributed by atoms with Crippen LogP contribution in [0.15, 0.2) is 24.3 Å². The Morgan fingerprint density at radius 1 is 1.21 bits per heavy atom. The predicted octanol–water partition coefficient (Wildman–Crippen LogP) is 2.89. The third-order valence-electron chi connectivity index (χ3n) is 7.79. The molecule has 12 nitrogen and oxygen atoms in total. The number of likely N-dealkylation sites (N-methyl/N-ethyl adjacent to an activating group) is 1. The van der Waals surface area contributed by atoms with Crippen molar-refractivity contribution in [2.45, 2.75) is 38.3 Å². The van der Waals surface area contributed by atoms with Gasteiger partial charge in [0.25, 0.3) is 0 Å². The molecule has 0 spiro atoms. The maximum absolute atomic E-state index is 13.6. The van der Waals surface area contributed by atoms with Crippen molar-refractivity contribution >= 4 is 55.5 Å². The van der Waals surface area contributed by atoms with E-state index in [1.54, 1.807) is 38.4 Å². The first kappa shape index (κ1) is 29.1. The van der Waals surface area contributed by atoms with E-state index < -0.39 is 12.1 Å². The number of carbonyl (C=O) groups is 2. The number of aliphatic hydroxyl groups excluding tert-OH is 1. The van der Waals surface area contributed by atoms with Gasteiger partial charge in [-0.2, -0.15) is 9.78 Å². The van der Waals surface area contributed by atoms with E-state index in [-0.39, 0.29) is 24.2 Å². The minimum atomic E-state index is -0.470. The number of imidazole rings is 1. The van der Waals surface area contributed by atoms with Crippen LogP contribution in [0, 0.1) is 17.1 Å². The highest BCUT2D eigenvalue weighted by molar-refractivity contribution is 7.20. The number of carbonyl (C=O) groups excluding carboxylic acids is 2. The standard InChI is InChI=1S/C28H30FN9O3S2/c1-4-19-24(35(3)26-32-23(21(12-30)42-26)16-7-9-17(29)10-8-16)38-27(31-19)43-28(33-38)37-11-5-6-20(25(37)41)34(2)15-22(40)36-13-18(39)14-36/h7-10,18,20,39H,4-6,11,13-15H2,1-3H3. The van der Waals surface area contributed by atoms with Crippen LogP contribution in [0.5, 0.6) is 0 Å². The molecule has 2 fully saturated rings. The van der Waals surface area contributed by atoms with E-state index in [1.807, 2.05) is 18.9 Å². The first-order valence-electron chi connectivity index (χ1n) is 13.9. The van der Waals surface area contributed by atoms with Crippen molar-refractivity contribution in [2.24, 2.45) is 0 Å². The highest BCUT2D eigenvalue weighted by Crippen LogP contribution is 2.38. The summed E-state index contributed by atoms with van der Waals surface area (Å²) in [5, 5.41) is 25.2. The van der Waals surface area contributed by atoms with Crippen molar-refractivity contribution in [2.75, 3.05) is 50.1 Å². The number of piperidine rings is 1. The fourth-order valence-corrected chi connectivity index (χ4v) is 7.21. The number of aromatic nitrogens is 4.